The van der Waals surface area contributed by atoms with Crippen LogP contribution in [0.3, 0.4) is 0 Å². The molecule has 1 N–H and O–H groups in total. The Morgan fingerprint density at radius 2 is 1.90 bits per heavy atom. The summed E-state index contributed by atoms with van der Waals surface area (Å²) in [6.45, 7) is 1.51. The number of amides is 2. The Bertz CT molecular complexity index is 565. The quantitative estimate of drug-likeness (QED) is 0.864. The molecular formula is C16H19FN2O2. The molecule has 0 aromatic heterocycles. The smallest absolute Gasteiger partial charge is 0.230 e. The Kier molecular flexibility index (Phi) is 3.90. The molecule has 0 saturated carbocycles. The molecule has 2 aliphatic heterocycles. The van der Waals surface area contributed by atoms with Crippen LogP contribution in [0.1, 0.15) is 43.6 Å². The number of likely N-dealkylation sites (tertiary alicyclic amines) is 1. The van der Waals surface area contributed by atoms with Crippen molar-refractivity contribution in [1.82, 2.24) is 4.90 Å². The van der Waals surface area contributed by atoms with E-state index in [0.717, 1.165) is 44.3 Å². The van der Waals surface area contributed by atoms with Crippen molar-refractivity contribution in [2.45, 2.75) is 38.0 Å². The lowest BCUT2D eigenvalue weighted by Crippen LogP contribution is -2.39. The van der Waals surface area contributed by atoms with E-state index in [9.17, 15) is 14.0 Å². The van der Waals surface area contributed by atoms with Crippen LogP contribution in [-0.2, 0) is 9.59 Å². The van der Waals surface area contributed by atoms with Gasteiger partial charge in [-0.05, 0) is 30.5 Å². The molecule has 112 valence electrons. The van der Waals surface area contributed by atoms with Crippen molar-refractivity contribution in [2.75, 3.05) is 18.4 Å². The number of rotatable bonds is 1. The fourth-order valence-electron chi connectivity index (χ4n) is 3.17. The normalized spacial score (nSPS) is 22.2. The highest BCUT2D eigenvalue weighted by Crippen LogP contribution is 2.34. The van der Waals surface area contributed by atoms with Gasteiger partial charge in [0.1, 0.15) is 5.82 Å². The zero-order chi connectivity index (χ0) is 14.8. The zero-order valence-electron chi connectivity index (χ0n) is 11.9. The zero-order valence-corrected chi connectivity index (χ0v) is 11.9. The average Bonchev–Trinajstić information content (AvgIpc) is 2.74. The highest BCUT2D eigenvalue weighted by molar-refractivity contribution is 6.01. The van der Waals surface area contributed by atoms with Crippen LogP contribution in [0.4, 0.5) is 10.1 Å². The second-order valence-corrected chi connectivity index (χ2v) is 5.78. The number of fused-ring (bicyclic) bond motifs is 1. The molecular weight excluding hydrogens is 271 g/mol. The monoisotopic (exact) mass is 290 g/mol. The topological polar surface area (TPSA) is 49.4 Å². The van der Waals surface area contributed by atoms with Gasteiger partial charge in [0.15, 0.2) is 0 Å². The third kappa shape index (κ3) is 2.91. The van der Waals surface area contributed by atoms with Crippen LogP contribution in [0.25, 0.3) is 0 Å². The maximum atomic E-state index is 13.3. The standard InChI is InChI=1S/C16H19FN2O2/c17-11-5-6-12-13(10-15(20)18-14(12)9-11)16(21)19-7-3-1-2-4-8-19/h5-6,9,13H,1-4,7-8,10H2,(H,18,20). The molecule has 1 atom stereocenters. The molecule has 2 heterocycles. The molecule has 3 rings (SSSR count). The van der Waals surface area contributed by atoms with Crippen LogP contribution >= 0.6 is 0 Å². The first-order chi connectivity index (χ1) is 10.1. The van der Waals surface area contributed by atoms with Crippen molar-refractivity contribution in [3.8, 4) is 0 Å². The van der Waals surface area contributed by atoms with E-state index >= 15 is 0 Å². The minimum Gasteiger partial charge on any atom is -0.342 e. The van der Waals surface area contributed by atoms with E-state index in [4.69, 9.17) is 0 Å². The molecule has 2 amide bonds. The molecule has 2 aliphatic rings. The molecule has 0 aliphatic carbocycles. The van der Waals surface area contributed by atoms with Crippen molar-refractivity contribution < 1.29 is 14.0 Å². The molecule has 1 saturated heterocycles. The first-order valence-corrected chi connectivity index (χ1v) is 7.53. The number of hydrogen-bond acceptors (Lipinski definition) is 2. The van der Waals surface area contributed by atoms with Gasteiger partial charge in [-0.25, -0.2) is 4.39 Å². The number of carbonyl (C=O) groups excluding carboxylic acids is 2. The van der Waals surface area contributed by atoms with Gasteiger partial charge < -0.3 is 10.2 Å². The highest BCUT2D eigenvalue weighted by atomic mass is 19.1. The minimum absolute atomic E-state index is 0.000363. The number of nitrogens with zero attached hydrogens (tertiary/aromatic N) is 1. The molecule has 0 radical (unpaired) electrons. The predicted octanol–water partition coefficient (Wildman–Crippen LogP) is 2.65. The second kappa shape index (κ2) is 5.84. The summed E-state index contributed by atoms with van der Waals surface area (Å²) in [5.74, 6) is -1.11. The Balaban J connectivity index is 1.87. The van der Waals surface area contributed by atoms with E-state index in [2.05, 4.69) is 5.32 Å². The number of hydrogen-bond donors (Lipinski definition) is 1. The lowest BCUT2D eigenvalue weighted by molar-refractivity contribution is -0.134. The maximum Gasteiger partial charge on any atom is 0.230 e. The number of carbonyl (C=O) groups is 2. The number of nitrogens with one attached hydrogen (secondary N) is 1. The summed E-state index contributed by atoms with van der Waals surface area (Å²) >= 11 is 0. The number of anilines is 1. The van der Waals surface area contributed by atoms with Gasteiger partial charge in [0.2, 0.25) is 11.8 Å². The summed E-state index contributed by atoms with van der Waals surface area (Å²) in [7, 11) is 0. The van der Waals surface area contributed by atoms with E-state index in [1.807, 2.05) is 4.90 Å². The van der Waals surface area contributed by atoms with Gasteiger partial charge in [-0.1, -0.05) is 18.9 Å². The van der Waals surface area contributed by atoms with Crippen LogP contribution in [0, 0.1) is 5.82 Å². The third-order valence-electron chi connectivity index (χ3n) is 4.27. The van der Waals surface area contributed by atoms with Gasteiger partial charge >= 0.3 is 0 Å². The van der Waals surface area contributed by atoms with Crippen molar-refractivity contribution in [1.29, 1.82) is 0 Å². The van der Waals surface area contributed by atoms with Crippen LogP contribution in [0.2, 0.25) is 0 Å². The molecule has 21 heavy (non-hydrogen) atoms. The second-order valence-electron chi connectivity index (χ2n) is 5.78. The lowest BCUT2D eigenvalue weighted by Gasteiger charge is -2.30. The predicted molar refractivity (Wildman–Crippen MR) is 77.4 cm³/mol. The fraction of sp³-hybridized carbons (Fsp3) is 0.500. The lowest BCUT2D eigenvalue weighted by atomic mass is 9.89. The summed E-state index contributed by atoms with van der Waals surface area (Å²) in [6.07, 6.45) is 4.48. The highest BCUT2D eigenvalue weighted by Gasteiger charge is 2.33. The van der Waals surface area contributed by atoms with E-state index in [0.29, 0.717) is 5.69 Å². The molecule has 4 nitrogen and oxygen atoms in total. The first-order valence-electron chi connectivity index (χ1n) is 7.53. The summed E-state index contributed by atoms with van der Waals surface area (Å²) in [4.78, 5) is 26.4. The Labute approximate surface area is 123 Å². The molecule has 1 fully saturated rings. The number of benzene rings is 1. The largest absolute Gasteiger partial charge is 0.342 e. The van der Waals surface area contributed by atoms with Crippen LogP contribution in [0.5, 0.6) is 0 Å². The molecule has 1 unspecified atom stereocenters. The average molecular weight is 290 g/mol. The Hall–Kier alpha value is -1.91. The van der Waals surface area contributed by atoms with Gasteiger partial charge in [-0.3, -0.25) is 9.59 Å². The minimum atomic E-state index is -0.479. The third-order valence-corrected chi connectivity index (χ3v) is 4.27. The van der Waals surface area contributed by atoms with Gasteiger partial charge in [0.05, 0.1) is 5.92 Å². The van der Waals surface area contributed by atoms with Gasteiger partial charge in [-0.15, -0.1) is 0 Å². The molecule has 0 bridgehead atoms. The van der Waals surface area contributed by atoms with E-state index in [1.54, 1.807) is 6.07 Å². The van der Waals surface area contributed by atoms with Crippen LogP contribution < -0.4 is 5.32 Å². The molecule has 1 aromatic carbocycles. The van der Waals surface area contributed by atoms with Crippen molar-refractivity contribution in [3.05, 3.63) is 29.6 Å². The summed E-state index contributed by atoms with van der Waals surface area (Å²) in [5.41, 5.74) is 1.16. The molecule has 5 heteroatoms. The Morgan fingerprint density at radius 3 is 2.62 bits per heavy atom. The summed E-state index contributed by atoms with van der Waals surface area (Å²) in [6, 6.07) is 4.25. The van der Waals surface area contributed by atoms with Crippen LogP contribution in [0.15, 0.2) is 18.2 Å². The summed E-state index contributed by atoms with van der Waals surface area (Å²) in [5, 5.41) is 2.65. The SMILES string of the molecule is O=C1CC(C(=O)N2CCCCCC2)c2ccc(F)cc2N1. The van der Waals surface area contributed by atoms with E-state index in [-0.39, 0.29) is 18.2 Å². The van der Waals surface area contributed by atoms with Crippen LogP contribution in [-0.4, -0.2) is 29.8 Å². The first kappa shape index (κ1) is 14.0. The van der Waals surface area contributed by atoms with Crippen molar-refractivity contribution in [3.63, 3.8) is 0 Å². The number of halogens is 1. The summed E-state index contributed by atoms with van der Waals surface area (Å²) < 4.78 is 13.3. The van der Waals surface area contributed by atoms with Crippen molar-refractivity contribution >= 4 is 17.5 Å². The van der Waals surface area contributed by atoms with Crippen molar-refractivity contribution in [2.24, 2.45) is 0 Å². The Morgan fingerprint density at radius 1 is 1.19 bits per heavy atom. The van der Waals surface area contributed by atoms with Gasteiger partial charge in [-0.2, -0.15) is 0 Å². The maximum absolute atomic E-state index is 13.3. The van der Waals surface area contributed by atoms with E-state index < -0.39 is 11.7 Å². The van der Waals surface area contributed by atoms with Gasteiger partial charge in [0, 0.05) is 25.2 Å². The van der Waals surface area contributed by atoms with Gasteiger partial charge in [0.25, 0.3) is 0 Å². The van der Waals surface area contributed by atoms with E-state index in [1.165, 1.54) is 12.1 Å². The molecule has 1 aromatic rings. The molecule has 0 spiro atoms. The fourth-order valence-corrected chi connectivity index (χ4v) is 3.17.